The summed E-state index contributed by atoms with van der Waals surface area (Å²) >= 11 is 0. The van der Waals surface area contributed by atoms with E-state index in [1.54, 1.807) is 45.2 Å². The van der Waals surface area contributed by atoms with Gasteiger partial charge in [-0.3, -0.25) is 4.99 Å². The van der Waals surface area contributed by atoms with Crippen molar-refractivity contribution in [1.29, 1.82) is 0 Å². The molecule has 0 aliphatic carbocycles. The van der Waals surface area contributed by atoms with E-state index in [1.165, 1.54) is 6.26 Å². The molecule has 1 aromatic carbocycles. The third kappa shape index (κ3) is 4.41. The van der Waals surface area contributed by atoms with Gasteiger partial charge in [0.25, 0.3) is 0 Å². The standard InChI is InChI=1S/C13H21N3O3S/c1-13(2,20(4,17)18)9-15-12(14)16-10-5-7-11(19-3)8-6-10/h5-8H,9H2,1-4H3,(H3,14,15,16). The molecule has 0 saturated carbocycles. The van der Waals surface area contributed by atoms with Gasteiger partial charge in [-0.1, -0.05) is 0 Å². The van der Waals surface area contributed by atoms with Gasteiger partial charge in [-0.2, -0.15) is 0 Å². The summed E-state index contributed by atoms with van der Waals surface area (Å²) in [7, 11) is -1.60. The lowest BCUT2D eigenvalue weighted by Crippen LogP contribution is -2.36. The molecule has 112 valence electrons. The summed E-state index contributed by atoms with van der Waals surface area (Å²) in [6.07, 6.45) is 1.19. The van der Waals surface area contributed by atoms with Crippen molar-refractivity contribution in [2.75, 3.05) is 25.2 Å². The Hall–Kier alpha value is -1.76. The Morgan fingerprint density at radius 3 is 2.35 bits per heavy atom. The van der Waals surface area contributed by atoms with E-state index < -0.39 is 14.6 Å². The van der Waals surface area contributed by atoms with Crippen molar-refractivity contribution in [3.05, 3.63) is 24.3 Å². The maximum absolute atomic E-state index is 11.5. The van der Waals surface area contributed by atoms with Gasteiger partial charge < -0.3 is 15.8 Å². The fraction of sp³-hybridized carbons (Fsp3) is 0.462. The van der Waals surface area contributed by atoms with Gasteiger partial charge in [-0.05, 0) is 38.1 Å². The van der Waals surface area contributed by atoms with E-state index in [-0.39, 0.29) is 12.5 Å². The minimum Gasteiger partial charge on any atom is -0.497 e. The number of rotatable bonds is 5. The van der Waals surface area contributed by atoms with Crippen LogP contribution in [0.5, 0.6) is 5.75 Å². The monoisotopic (exact) mass is 299 g/mol. The molecule has 1 aromatic rings. The van der Waals surface area contributed by atoms with Crippen molar-refractivity contribution in [3.8, 4) is 5.75 Å². The van der Waals surface area contributed by atoms with Crippen molar-refractivity contribution >= 4 is 21.5 Å². The molecule has 0 unspecified atom stereocenters. The number of methoxy groups -OCH3 is 1. The Balaban J connectivity index is 2.70. The first-order valence-corrected chi connectivity index (χ1v) is 7.95. The van der Waals surface area contributed by atoms with E-state index in [9.17, 15) is 8.42 Å². The van der Waals surface area contributed by atoms with E-state index in [1.807, 2.05) is 0 Å². The normalized spacial score (nSPS) is 13.1. The number of nitrogens with two attached hydrogens (primary N) is 1. The van der Waals surface area contributed by atoms with Crippen molar-refractivity contribution in [1.82, 2.24) is 0 Å². The van der Waals surface area contributed by atoms with Crippen LogP contribution in [0.3, 0.4) is 0 Å². The first-order valence-electron chi connectivity index (χ1n) is 6.06. The van der Waals surface area contributed by atoms with Gasteiger partial charge in [-0.15, -0.1) is 0 Å². The third-order valence-electron chi connectivity index (χ3n) is 3.00. The van der Waals surface area contributed by atoms with Gasteiger partial charge in [0, 0.05) is 11.9 Å². The second kappa shape index (κ2) is 6.13. The Morgan fingerprint density at radius 2 is 1.90 bits per heavy atom. The molecule has 0 aliphatic rings. The molecule has 1 rings (SSSR count). The van der Waals surface area contributed by atoms with Crippen LogP contribution >= 0.6 is 0 Å². The number of guanidine groups is 1. The molecule has 0 spiro atoms. The maximum Gasteiger partial charge on any atom is 0.193 e. The summed E-state index contributed by atoms with van der Waals surface area (Å²) in [5, 5.41) is 2.89. The fourth-order valence-corrected chi connectivity index (χ4v) is 1.55. The first-order chi connectivity index (χ1) is 9.15. The molecular formula is C13H21N3O3S. The largest absolute Gasteiger partial charge is 0.497 e. The quantitative estimate of drug-likeness (QED) is 0.630. The third-order valence-corrected chi connectivity index (χ3v) is 5.13. The summed E-state index contributed by atoms with van der Waals surface area (Å²) in [5.41, 5.74) is 6.49. The number of ether oxygens (including phenoxy) is 1. The van der Waals surface area contributed by atoms with Crippen LogP contribution in [0.4, 0.5) is 5.69 Å². The molecule has 0 aliphatic heterocycles. The highest BCUT2D eigenvalue weighted by Crippen LogP contribution is 2.16. The molecule has 0 saturated heterocycles. The SMILES string of the molecule is COc1ccc(NC(N)=NCC(C)(C)S(C)(=O)=O)cc1. The lowest BCUT2D eigenvalue weighted by Gasteiger charge is -2.20. The molecular weight excluding hydrogens is 278 g/mol. The number of sulfone groups is 1. The molecule has 7 heteroatoms. The molecule has 0 bridgehead atoms. The van der Waals surface area contributed by atoms with Gasteiger partial charge >= 0.3 is 0 Å². The van der Waals surface area contributed by atoms with Crippen LogP contribution < -0.4 is 15.8 Å². The Labute approximate surface area is 120 Å². The van der Waals surface area contributed by atoms with Crippen molar-refractivity contribution in [2.45, 2.75) is 18.6 Å². The van der Waals surface area contributed by atoms with E-state index in [0.717, 1.165) is 11.4 Å². The van der Waals surface area contributed by atoms with E-state index in [0.29, 0.717) is 0 Å². The van der Waals surface area contributed by atoms with Gasteiger partial charge in [0.1, 0.15) is 5.75 Å². The van der Waals surface area contributed by atoms with Crippen LogP contribution in [0.25, 0.3) is 0 Å². The number of nitrogens with one attached hydrogen (secondary N) is 1. The van der Waals surface area contributed by atoms with E-state index in [4.69, 9.17) is 10.5 Å². The number of anilines is 1. The molecule has 0 atom stereocenters. The topological polar surface area (TPSA) is 93.8 Å². The molecule has 20 heavy (non-hydrogen) atoms. The van der Waals surface area contributed by atoms with Gasteiger partial charge in [0.15, 0.2) is 15.8 Å². The first kappa shape index (κ1) is 16.3. The van der Waals surface area contributed by atoms with Gasteiger partial charge in [0.05, 0.1) is 18.4 Å². The summed E-state index contributed by atoms with van der Waals surface area (Å²) in [6, 6.07) is 7.16. The lowest BCUT2D eigenvalue weighted by molar-refractivity contribution is 0.415. The summed E-state index contributed by atoms with van der Waals surface area (Å²) in [4.78, 5) is 4.07. The zero-order valence-corrected chi connectivity index (χ0v) is 13.0. The number of benzene rings is 1. The molecule has 6 nitrogen and oxygen atoms in total. The highest BCUT2D eigenvalue weighted by atomic mass is 32.2. The van der Waals surface area contributed by atoms with Gasteiger partial charge in [0.2, 0.25) is 0 Å². The molecule has 0 fully saturated rings. The molecule has 0 radical (unpaired) electrons. The van der Waals surface area contributed by atoms with Crippen molar-refractivity contribution in [2.24, 2.45) is 10.7 Å². The molecule has 0 aromatic heterocycles. The van der Waals surface area contributed by atoms with Crippen molar-refractivity contribution in [3.63, 3.8) is 0 Å². The predicted molar refractivity (Wildman–Crippen MR) is 82.0 cm³/mol. The highest BCUT2D eigenvalue weighted by molar-refractivity contribution is 7.92. The van der Waals surface area contributed by atoms with Crippen molar-refractivity contribution < 1.29 is 13.2 Å². The fourth-order valence-electron chi connectivity index (χ4n) is 1.25. The molecule has 0 heterocycles. The summed E-state index contributed by atoms with van der Waals surface area (Å²) in [5.74, 6) is 0.913. The molecule has 0 amide bonds. The number of hydrogen-bond donors (Lipinski definition) is 2. The lowest BCUT2D eigenvalue weighted by atomic mass is 10.2. The van der Waals surface area contributed by atoms with Crippen LogP contribution in [0, 0.1) is 0 Å². The second-order valence-electron chi connectivity index (χ2n) is 5.09. The van der Waals surface area contributed by atoms with Crippen LogP contribution in [0.2, 0.25) is 0 Å². The highest BCUT2D eigenvalue weighted by Gasteiger charge is 2.29. The van der Waals surface area contributed by atoms with Crippen LogP contribution in [0.1, 0.15) is 13.8 Å². The average molecular weight is 299 g/mol. The number of hydrogen-bond acceptors (Lipinski definition) is 4. The smallest absolute Gasteiger partial charge is 0.193 e. The van der Waals surface area contributed by atoms with Crippen LogP contribution in [-0.4, -0.2) is 39.0 Å². The number of aliphatic imine (C=N–C) groups is 1. The van der Waals surface area contributed by atoms with Crippen LogP contribution in [0.15, 0.2) is 29.3 Å². The Kier molecular flexibility index (Phi) is 4.99. The average Bonchev–Trinajstić information content (AvgIpc) is 2.36. The minimum atomic E-state index is -3.19. The van der Waals surface area contributed by atoms with E-state index >= 15 is 0 Å². The molecule has 3 N–H and O–H groups in total. The van der Waals surface area contributed by atoms with E-state index in [2.05, 4.69) is 10.3 Å². The summed E-state index contributed by atoms with van der Waals surface area (Å²) in [6.45, 7) is 3.33. The Bertz CT molecular complexity index is 577. The zero-order chi connectivity index (χ0) is 15.4. The summed E-state index contributed by atoms with van der Waals surface area (Å²) < 4.78 is 27.2. The predicted octanol–water partition coefficient (Wildman–Crippen LogP) is 1.24. The van der Waals surface area contributed by atoms with Crippen LogP contribution in [-0.2, 0) is 9.84 Å². The van der Waals surface area contributed by atoms with Gasteiger partial charge in [-0.25, -0.2) is 8.42 Å². The Morgan fingerprint density at radius 1 is 1.35 bits per heavy atom. The maximum atomic E-state index is 11.5. The second-order valence-corrected chi connectivity index (χ2v) is 7.74. The minimum absolute atomic E-state index is 0.0980. The zero-order valence-electron chi connectivity index (χ0n) is 12.2. The number of nitrogens with zero attached hydrogens (tertiary/aromatic N) is 1.